The number of hydrogen-bond acceptors (Lipinski definition) is 4. The third-order valence-corrected chi connectivity index (χ3v) is 5.56. The number of hydrogen-bond donors (Lipinski definition) is 0. The predicted octanol–water partition coefficient (Wildman–Crippen LogP) is 2.37. The maximum atomic E-state index is 13.1. The molecular weight excluding hydrogens is 319 g/mol. The molecule has 0 unspecified atom stereocenters. The molecule has 1 aromatic carbocycles. The van der Waals surface area contributed by atoms with Crippen LogP contribution in [0.1, 0.15) is 18.6 Å². The second-order valence-corrected chi connectivity index (χ2v) is 7.44. The van der Waals surface area contributed by atoms with Gasteiger partial charge in [0, 0.05) is 25.5 Å². The molecule has 0 saturated carbocycles. The number of pyridine rings is 1. The Bertz CT molecular complexity index is 766. The average molecular weight is 336 g/mol. The highest BCUT2D eigenvalue weighted by Gasteiger charge is 2.34. The topological polar surface area (TPSA) is 59.5 Å². The molecule has 0 N–H and O–H groups in total. The van der Waals surface area contributed by atoms with E-state index in [1.165, 1.54) is 34.9 Å². The zero-order chi connectivity index (χ0) is 16.4. The molecule has 7 heteroatoms. The Morgan fingerprint density at radius 2 is 1.96 bits per heavy atom. The summed E-state index contributed by atoms with van der Waals surface area (Å²) in [6.07, 6.45) is 2.18. The lowest BCUT2D eigenvalue weighted by atomic mass is 10.1. The van der Waals surface area contributed by atoms with Crippen LogP contribution in [-0.2, 0) is 14.8 Å². The summed E-state index contributed by atoms with van der Waals surface area (Å²) >= 11 is 0. The maximum absolute atomic E-state index is 13.1. The van der Waals surface area contributed by atoms with Gasteiger partial charge in [0.05, 0.1) is 12.2 Å². The van der Waals surface area contributed by atoms with Gasteiger partial charge in [-0.1, -0.05) is 12.1 Å². The number of benzene rings is 1. The first kappa shape index (κ1) is 16.0. The molecule has 1 aliphatic heterocycles. The standard InChI is InChI=1S/C16H17FN2O3S/c1-12-10-19(23(20,21)15-3-2-8-18-9-15)11-16(22-12)13-4-6-14(17)7-5-13/h2-9,12,16H,10-11H2,1H3/t12-,16+/m0/s1. The van der Waals surface area contributed by atoms with Crippen molar-refractivity contribution in [3.8, 4) is 0 Å². The van der Waals surface area contributed by atoms with Gasteiger partial charge < -0.3 is 4.74 Å². The predicted molar refractivity (Wildman–Crippen MR) is 82.7 cm³/mol. The number of halogens is 1. The third kappa shape index (κ3) is 3.41. The first-order valence-electron chi connectivity index (χ1n) is 7.28. The molecule has 5 nitrogen and oxygen atoms in total. The van der Waals surface area contributed by atoms with Crippen LogP contribution < -0.4 is 0 Å². The van der Waals surface area contributed by atoms with Crippen molar-refractivity contribution in [3.63, 3.8) is 0 Å². The van der Waals surface area contributed by atoms with Crippen molar-refractivity contribution < 1.29 is 17.5 Å². The minimum absolute atomic E-state index is 0.159. The number of rotatable bonds is 3. The van der Waals surface area contributed by atoms with Gasteiger partial charge in [-0.05, 0) is 36.8 Å². The van der Waals surface area contributed by atoms with Crippen LogP contribution in [-0.4, -0.2) is 36.9 Å². The van der Waals surface area contributed by atoms with Crippen molar-refractivity contribution in [1.29, 1.82) is 0 Å². The van der Waals surface area contributed by atoms with Crippen molar-refractivity contribution in [3.05, 3.63) is 60.2 Å². The Hall–Kier alpha value is -1.83. The summed E-state index contributed by atoms with van der Waals surface area (Å²) in [5.41, 5.74) is 0.754. The van der Waals surface area contributed by atoms with Gasteiger partial charge >= 0.3 is 0 Å². The van der Waals surface area contributed by atoms with Gasteiger partial charge in [0.15, 0.2) is 0 Å². The molecule has 23 heavy (non-hydrogen) atoms. The van der Waals surface area contributed by atoms with Crippen molar-refractivity contribution in [2.24, 2.45) is 0 Å². The van der Waals surface area contributed by atoms with Crippen LogP contribution in [0.3, 0.4) is 0 Å². The van der Waals surface area contributed by atoms with E-state index in [4.69, 9.17) is 4.74 Å². The zero-order valence-electron chi connectivity index (χ0n) is 12.6. The van der Waals surface area contributed by atoms with Gasteiger partial charge in [-0.3, -0.25) is 4.98 Å². The quantitative estimate of drug-likeness (QED) is 0.863. The summed E-state index contributed by atoms with van der Waals surface area (Å²) < 4.78 is 45.8. The van der Waals surface area contributed by atoms with E-state index in [9.17, 15) is 12.8 Å². The second kappa shape index (κ2) is 6.35. The molecule has 0 radical (unpaired) electrons. The minimum atomic E-state index is -3.63. The number of ether oxygens (including phenoxy) is 1. The van der Waals surface area contributed by atoms with E-state index in [1.807, 2.05) is 6.92 Å². The van der Waals surface area contributed by atoms with Crippen LogP contribution in [0.5, 0.6) is 0 Å². The molecule has 0 spiro atoms. The van der Waals surface area contributed by atoms with Crippen molar-refractivity contribution in [1.82, 2.24) is 9.29 Å². The Morgan fingerprint density at radius 3 is 2.61 bits per heavy atom. The van der Waals surface area contributed by atoms with E-state index < -0.39 is 16.1 Å². The molecule has 1 aromatic heterocycles. The highest BCUT2D eigenvalue weighted by molar-refractivity contribution is 7.89. The summed E-state index contributed by atoms with van der Waals surface area (Å²) in [6.45, 7) is 2.28. The SMILES string of the molecule is C[C@H]1CN(S(=O)(=O)c2cccnc2)C[C@H](c2ccc(F)cc2)O1. The third-order valence-electron chi connectivity index (χ3n) is 3.74. The maximum Gasteiger partial charge on any atom is 0.244 e. The Morgan fingerprint density at radius 1 is 1.22 bits per heavy atom. The smallest absolute Gasteiger partial charge is 0.244 e. The molecule has 1 aliphatic rings. The summed E-state index contributed by atoms with van der Waals surface area (Å²) in [5.74, 6) is -0.336. The molecule has 1 saturated heterocycles. The second-order valence-electron chi connectivity index (χ2n) is 5.50. The minimum Gasteiger partial charge on any atom is -0.368 e. The molecular formula is C16H17FN2O3S. The number of sulfonamides is 1. The van der Waals surface area contributed by atoms with Gasteiger partial charge in [0.2, 0.25) is 10.0 Å². The molecule has 122 valence electrons. The zero-order valence-corrected chi connectivity index (χ0v) is 13.4. The van der Waals surface area contributed by atoms with Gasteiger partial charge in [0.25, 0.3) is 0 Å². The van der Waals surface area contributed by atoms with Crippen LogP contribution in [0.4, 0.5) is 4.39 Å². The fraction of sp³-hybridized carbons (Fsp3) is 0.312. The Balaban J connectivity index is 1.87. The molecule has 3 rings (SSSR count). The lowest BCUT2D eigenvalue weighted by Gasteiger charge is -2.36. The fourth-order valence-corrected chi connectivity index (χ4v) is 4.10. The number of nitrogens with zero attached hydrogens (tertiary/aromatic N) is 2. The largest absolute Gasteiger partial charge is 0.368 e. The fourth-order valence-electron chi connectivity index (χ4n) is 2.62. The molecule has 0 bridgehead atoms. The first-order chi connectivity index (χ1) is 11.0. The summed E-state index contributed by atoms with van der Waals surface area (Å²) in [6, 6.07) is 9.04. The van der Waals surface area contributed by atoms with Crippen LogP contribution in [0.25, 0.3) is 0 Å². The molecule has 2 aromatic rings. The van der Waals surface area contributed by atoms with Crippen molar-refractivity contribution in [2.75, 3.05) is 13.1 Å². The van der Waals surface area contributed by atoms with Crippen LogP contribution in [0.15, 0.2) is 53.7 Å². The highest BCUT2D eigenvalue weighted by Crippen LogP contribution is 2.28. The van der Waals surface area contributed by atoms with Crippen molar-refractivity contribution in [2.45, 2.75) is 24.0 Å². The van der Waals surface area contributed by atoms with E-state index in [-0.39, 0.29) is 29.9 Å². The monoisotopic (exact) mass is 336 g/mol. The van der Waals surface area contributed by atoms with Gasteiger partial charge in [-0.25, -0.2) is 12.8 Å². The Kier molecular flexibility index (Phi) is 4.43. The molecule has 2 atom stereocenters. The number of morpholine rings is 1. The lowest BCUT2D eigenvalue weighted by molar-refractivity contribution is -0.0557. The van der Waals surface area contributed by atoms with E-state index in [2.05, 4.69) is 4.98 Å². The molecule has 1 fully saturated rings. The van der Waals surface area contributed by atoms with Gasteiger partial charge in [-0.15, -0.1) is 0 Å². The van der Waals surface area contributed by atoms with E-state index in [1.54, 1.807) is 18.2 Å². The first-order valence-corrected chi connectivity index (χ1v) is 8.72. The summed E-state index contributed by atoms with van der Waals surface area (Å²) in [4.78, 5) is 4.03. The average Bonchev–Trinajstić information content (AvgIpc) is 2.56. The summed E-state index contributed by atoms with van der Waals surface area (Å²) in [5, 5.41) is 0. The van der Waals surface area contributed by atoms with E-state index in [0.717, 1.165) is 5.56 Å². The summed E-state index contributed by atoms with van der Waals surface area (Å²) in [7, 11) is -3.63. The Labute approximate surface area is 134 Å². The molecule has 0 amide bonds. The van der Waals surface area contributed by atoms with Gasteiger partial charge in [0.1, 0.15) is 10.7 Å². The molecule has 2 heterocycles. The number of aromatic nitrogens is 1. The van der Waals surface area contributed by atoms with Gasteiger partial charge in [-0.2, -0.15) is 4.31 Å². The lowest BCUT2D eigenvalue weighted by Crippen LogP contribution is -2.45. The van der Waals surface area contributed by atoms with E-state index in [0.29, 0.717) is 0 Å². The highest BCUT2D eigenvalue weighted by atomic mass is 32.2. The van der Waals surface area contributed by atoms with Crippen LogP contribution in [0.2, 0.25) is 0 Å². The van der Waals surface area contributed by atoms with Crippen LogP contribution in [0, 0.1) is 5.82 Å². The van der Waals surface area contributed by atoms with E-state index >= 15 is 0 Å². The van der Waals surface area contributed by atoms with Crippen LogP contribution >= 0.6 is 0 Å². The van der Waals surface area contributed by atoms with Crippen molar-refractivity contribution >= 4 is 10.0 Å². The molecule has 0 aliphatic carbocycles. The normalized spacial score (nSPS) is 22.9.